The van der Waals surface area contributed by atoms with Crippen molar-refractivity contribution in [3.8, 4) is 0 Å². The van der Waals surface area contributed by atoms with E-state index >= 15 is 0 Å². The van der Waals surface area contributed by atoms with Crippen molar-refractivity contribution in [3.05, 3.63) is 59.9 Å². The van der Waals surface area contributed by atoms with E-state index in [9.17, 15) is 4.39 Å². The Bertz CT molecular complexity index is 459. The van der Waals surface area contributed by atoms with Crippen LogP contribution in [0, 0.1) is 5.82 Å². The summed E-state index contributed by atoms with van der Waals surface area (Å²) in [4.78, 5) is 8.02. The maximum atomic E-state index is 12.8. The molecule has 2 aromatic rings. The summed E-state index contributed by atoms with van der Waals surface area (Å²) < 4.78 is 12.8. The number of aromatic nitrogens is 2. The number of nitrogens with one attached hydrogen (secondary N) is 1. The number of halogens is 1. The molecule has 88 valence electrons. The molecule has 0 bridgehead atoms. The predicted octanol–water partition coefficient (Wildman–Crippen LogP) is 1.95. The molecule has 0 saturated carbocycles. The predicted molar refractivity (Wildman–Crippen MR) is 63.8 cm³/mol. The zero-order valence-corrected chi connectivity index (χ0v) is 9.44. The van der Waals surface area contributed by atoms with E-state index in [2.05, 4.69) is 15.3 Å². The summed E-state index contributed by atoms with van der Waals surface area (Å²) in [5, 5.41) is 3.23. The van der Waals surface area contributed by atoms with Crippen LogP contribution in [0.5, 0.6) is 0 Å². The Morgan fingerprint density at radius 3 is 2.94 bits per heavy atom. The molecule has 2 rings (SSSR count). The van der Waals surface area contributed by atoms with Gasteiger partial charge in [-0.1, -0.05) is 6.07 Å². The third-order valence-electron chi connectivity index (χ3n) is 2.37. The van der Waals surface area contributed by atoms with Crippen molar-refractivity contribution in [2.45, 2.75) is 13.0 Å². The van der Waals surface area contributed by atoms with E-state index < -0.39 is 0 Å². The molecule has 0 aliphatic heterocycles. The van der Waals surface area contributed by atoms with Crippen molar-refractivity contribution in [1.29, 1.82) is 0 Å². The van der Waals surface area contributed by atoms with Gasteiger partial charge in [-0.3, -0.25) is 9.97 Å². The normalized spacial score (nSPS) is 10.4. The van der Waals surface area contributed by atoms with Crippen molar-refractivity contribution in [2.24, 2.45) is 0 Å². The second-order valence-electron chi connectivity index (χ2n) is 3.76. The van der Waals surface area contributed by atoms with Crippen LogP contribution in [0.25, 0.3) is 0 Å². The Balaban J connectivity index is 1.73. The molecule has 2 aromatic heterocycles. The Morgan fingerprint density at radius 1 is 1.24 bits per heavy atom. The highest BCUT2D eigenvalue weighted by Crippen LogP contribution is 2.00. The minimum Gasteiger partial charge on any atom is -0.312 e. The van der Waals surface area contributed by atoms with Crippen LogP contribution >= 0.6 is 0 Å². The van der Waals surface area contributed by atoms with Crippen molar-refractivity contribution >= 4 is 0 Å². The van der Waals surface area contributed by atoms with Crippen LogP contribution < -0.4 is 5.32 Å². The average Bonchev–Trinajstić information content (AvgIpc) is 2.36. The molecule has 0 saturated heterocycles. The standard InChI is InChI=1S/C13H14FN3/c14-12-7-11(9-16-10-12)8-15-6-4-13-3-1-2-5-17-13/h1-3,5,7,9-10,15H,4,6,8H2. The van der Waals surface area contributed by atoms with Gasteiger partial charge in [-0.25, -0.2) is 4.39 Å². The van der Waals surface area contributed by atoms with Gasteiger partial charge in [0.05, 0.1) is 6.20 Å². The zero-order valence-electron chi connectivity index (χ0n) is 9.44. The second kappa shape index (κ2) is 6.06. The topological polar surface area (TPSA) is 37.8 Å². The van der Waals surface area contributed by atoms with Gasteiger partial charge in [0.2, 0.25) is 0 Å². The van der Waals surface area contributed by atoms with Crippen LogP contribution in [0.4, 0.5) is 4.39 Å². The summed E-state index contributed by atoms with van der Waals surface area (Å²) in [7, 11) is 0. The molecule has 1 N–H and O–H groups in total. The van der Waals surface area contributed by atoms with Gasteiger partial charge in [-0.15, -0.1) is 0 Å². The van der Waals surface area contributed by atoms with Crippen molar-refractivity contribution in [2.75, 3.05) is 6.54 Å². The molecule has 0 spiro atoms. The van der Waals surface area contributed by atoms with Gasteiger partial charge >= 0.3 is 0 Å². The molecule has 4 heteroatoms. The van der Waals surface area contributed by atoms with E-state index in [-0.39, 0.29) is 5.82 Å². The first kappa shape index (κ1) is 11.7. The van der Waals surface area contributed by atoms with Crippen LogP contribution in [0.1, 0.15) is 11.3 Å². The molecular weight excluding hydrogens is 217 g/mol. The minimum atomic E-state index is -0.297. The van der Waals surface area contributed by atoms with Gasteiger partial charge in [0.25, 0.3) is 0 Å². The third kappa shape index (κ3) is 3.92. The van der Waals surface area contributed by atoms with Crippen LogP contribution in [-0.4, -0.2) is 16.5 Å². The molecular formula is C13H14FN3. The van der Waals surface area contributed by atoms with Gasteiger partial charge in [0, 0.05) is 37.6 Å². The number of hydrogen-bond donors (Lipinski definition) is 1. The molecule has 0 aromatic carbocycles. The lowest BCUT2D eigenvalue weighted by Crippen LogP contribution is -2.17. The second-order valence-corrected chi connectivity index (χ2v) is 3.76. The van der Waals surface area contributed by atoms with E-state index in [0.29, 0.717) is 6.54 Å². The highest BCUT2D eigenvalue weighted by molar-refractivity contribution is 5.10. The first-order valence-electron chi connectivity index (χ1n) is 5.54. The van der Waals surface area contributed by atoms with Crippen molar-refractivity contribution in [1.82, 2.24) is 15.3 Å². The maximum absolute atomic E-state index is 12.8. The molecule has 0 radical (unpaired) electrons. The van der Waals surface area contributed by atoms with Crippen LogP contribution in [0.2, 0.25) is 0 Å². The van der Waals surface area contributed by atoms with E-state index in [1.54, 1.807) is 12.4 Å². The maximum Gasteiger partial charge on any atom is 0.141 e. The van der Waals surface area contributed by atoms with E-state index in [4.69, 9.17) is 0 Å². The zero-order chi connectivity index (χ0) is 11.9. The summed E-state index contributed by atoms with van der Waals surface area (Å²) in [6, 6.07) is 7.35. The van der Waals surface area contributed by atoms with Crippen molar-refractivity contribution in [3.63, 3.8) is 0 Å². The first-order chi connectivity index (χ1) is 8.34. The lowest BCUT2D eigenvalue weighted by atomic mass is 10.2. The van der Waals surface area contributed by atoms with Gasteiger partial charge in [0.15, 0.2) is 0 Å². The monoisotopic (exact) mass is 231 g/mol. The Morgan fingerprint density at radius 2 is 2.18 bits per heavy atom. The van der Waals surface area contributed by atoms with Crippen LogP contribution in [0.15, 0.2) is 42.9 Å². The number of rotatable bonds is 5. The molecule has 0 aliphatic rings. The Kier molecular flexibility index (Phi) is 4.16. The summed E-state index contributed by atoms with van der Waals surface area (Å²) in [5.41, 5.74) is 1.91. The van der Waals surface area contributed by atoms with E-state index in [1.165, 1.54) is 12.3 Å². The van der Waals surface area contributed by atoms with Gasteiger partial charge < -0.3 is 5.32 Å². The van der Waals surface area contributed by atoms with Crippen LogP contribution in [-0.2, 0) is 13.0 Å². The lowest BCUT2D eigenvalue weighted by molar-refractivity contribution is 0.612. The number of pyridine rings is 2. The molecule has 0 amide bonds. The highest BCUT2D eigenvalue weighted by Gasteiger charge is 1.96. The number of nitrogens with zero attached hydrogens (tertiary/aromatic N) is 2. The molecule has 2 heterocycles. The fourth-order valence-corrected chi connectivity index (χ4v) is 1.55. The molecule has 17 heavy (non-hydrogen) atoms. The molecule has 0 fully saturated rings. The summed E-state index contributed by atoms with van der Waals surface area (Å²) in [6.45, 7) is 1.44. The van der Waals surface area contributed by atoms with E-state index in [1.807, 2.05) is 18.2 Å². The SMILES string of the molecule is Fc1cncc(CNCCc2ccccn2)c1. The summed E-state index contributed by atoms with van der Waals surface area (Å²) in [5.74, 6) is -0.297. The van der Waals surface area contributed by atoms with E-state index in [0.717, 1.165) is 24.2 Å². The third-order valence-corrected chi connectivity index (χ3v) is 2.37. The molecule has 0 unspecified atom stereocenters. The van der Waals surface area contributed by atoms with Gasteiger partial charge in [0.1, 0.15) is 5.82 Å². The molecule has 3 nitrogen and oxygen atoms in total. The average molecular weight is 231 g/mol. The molecule has 0 aliphatic carbocycles. The lowest BCUT2D eigenvalue weighted by Gasteiger charge is -2.04. The largest absolute Gasteiger partial charge is 0.312 e. The summed E-state index contributed by atoms with van der Waals surface area (Å²) in [6.07, 6.45) is 5.52. The minimum absolute atomic E-state index is 0.297. The van der Waals surface area contributed by atoms with Crippen molar-refractivity contribution < 1.29 is 4.39 Å². The number of hydrogen-bond acceptors (Lipinski definition) is 3. The molecule has 0 atom stereocenters. The quantitative estimate of drug-likeness (QED) is 0.799. The Labute approximate surface area is 99.7 Å². The fourth-order valence-electron chi connectivity index (χ4n) is 1.55. The van der Waals surface area contributed by atoms with Gasteiger partial charge in [-0.2, -0.15) is 0 Å². The smallest absolute Gasteiger partial charge is 0.141 e. The Hall–Kier alpha value is -1.81. The van der Waals surface area contributed by atoms with Crippen LogP contribution in [0.3, 0.4) is 0 Å². The first-order valence-corrected chi connectivity index (χ1v) is 5.54. The highest BCUT2D eigenvalue weighted by atomic mass is 19.1. The van der Waals surface area contributed by atoms with Gasteiger partial charge in [-0.05, 0) is 23.8 Å². The summed E-state index contributed by atoms with van der Waals surface area (Å²) >= 11 is 0. The fraction of sp³-hybridized carbons (Fsp3) is 0.231.